The van der Waals surface area contributed by atoms with Crippen LogP contribution in [0.1, 0.15) is 49.5 Å². The molecule has 0 saturated heterocycles. The third-order valence-corrected chi connectivity index (χ3v) is 3.54. The number of hydrogen-bond donors (Lipinski definition) is 1. The first kappa shape index (κ1) is 12.7. The maximum absolute atomic E-state index is 4.31. The maximum Gasteiger partial charge on any atom is 0.0897 e. The molecule has 1 aromatic rings. The van der Waals surface area contributed by atoms with Crippen molar-refractivity contribution in [2.75, 3.05) is 7.05 Å². The second-order valence-electron chi connectivity index (χ2n) is 5.22. The lowest BCUT2D eigenvalue weighted by molar-refractivity contribution is 0.339. The van der Waals surface area contributed by atoms with Gasteiger partial charge in [-0.25, -0.2) is 4.98 Å². The van der Waals surface area contributed by atoms with E-state index < -0.39 is 0 Å². The van der Waals surface area contributed by atoms with Crippen molar-refractivity contribution in [1.82, 2.24) is 10.3 Å². The van der Waals surface area contributed by atoms with Crippen molar-refractivity contribution in [3.05, 3.63) is 16.1 Å². The second-order valence-corrected chi connectivity index (χ2v) is 6.49. The van der Waals surface area contributed by atoms with Gasteiger partial charge in [-0.3, -0.25) is 0 Å². The number of hydrogen-bond acceptors (Lipinski definition) is 3. The highest BCUT2D eigenvalue weighted by Crippen LogP contribution is 2.29. The summed E-state index contributed by atoms with van der Waals surface area (Å²) >= 11 is 1.80. The monoisotopic (exact) mass is 226 g/mol. The highest BCUT2D eigenvalue weighted by Gasteiger charge is 2.16. The van der Waals surface area contributed by atoms with Gasteiger partial charge in [0.05, 0.1) is 5.01 Å². The number of aryl methyl sites for hydroxylation is 1. The first-order valence-electron chi connectivity index (χ1n) is 5.52. The molecule has 0 aliphatic carbocycles. The summed E-state index contributed by atoms with van der Waals surface area (Å²) in [5.41, 5.74) is 0.412. The summed E-state index contributed by atoms with van der Waals surface area (Å²) in [6.45, 7) is 8.93. The van der Waals surface area contributed by atoms with Crippen molar-refractivity contribution in [1.29, 1.82) is 0 Å². The van der Waals surface area contributed by atoms with Gasteiger partial charge in [0, 0.05) is 17.1 Å². The zero-order chi connectivity index (χ0) is 11.5. The van der Waals surface area contributed by atoms with Crippen molar-refractivity contribution >= 4 is 11.3 Å². The van der Waals surface area contributed by atoms with Crippen LogP contribution in [0.2, 0.25) is 0 Å². The second kappa shape index (κ2) is 5.08. The van der Waals surface area contributed by atoms with E-state index in [9.17, 15) is 0 Å². The van der Waals surface area contributed by atoms with E-state index in [0.29, 0.717) is 11.5 Å². The number of nitrogens with zero attached hydrogens (tertiary/aromatic N) is 1. The zero-order valence-electron chi connectivity index (χ0n) is 10.4. The maximum atomic E-state index is 4.31. The fraction of sp³-hybridized carbons (Fsp3) is 0.750. The SMILES string of the molecule is CNC(CCC(C)(C)C)c1cnc(C)s1. The molecule has 1 unspecified atom stereocenters. The molecular weight excluding hydrogens is 204 g/mol. The highest BCUT2D eigenvalue weighted by molar-refractivity contribution is 7.11. The Morgan fingerprint density at radius 3 is 2.53 bits per heavy atom. The summed E-state index contributed by atoms with van der Waals surface area (Å²) in [4.78, 5) is 5.67. The molecule has 0 radical (unpaired) electrons. The molecule has 1 rings (SSSR count). The number of aromatic nitrogens is 1. The largest absolute Gasteiger partial charge is 0.312 e. The van der Waals surface area contributed by atoms with Crippen LogP contribution < -0.4 is 5.32 Å². The molecule has 0 aromatic carbocycles. The lowest BCUT2D eigenvalue weighted by atomic mass is 9.88. The van der Waals surface area contributed by atoms with Crippen molar-refractivity contribution in [3.63, 3.8) is 0 Å². The van der Waals surface area contributed by atoms with Gasteiger partial charge in [0.15, 0.2) is 0 Å². The lowest BCUT2D eigenvalue weighted by Gasteiger charge is -2.22. The topological polar surface area (TPSA) is 24.9 Å². The highest BCUT2D eigenvalue weighted by atomic mass is 32.1. The van der Waals surface area contributed by atoms with Gasteiger partial charge in [-0.15, -0.1) is 11.3 Å². The minimum absolute atomic E-state index is 0.412. The Hall–Kier alpha value is -0.410. The smallest absolute Gasteiger partial charge is 0.0897 e. The summed E-state index contributed by atoms with van der Waals surface area (Å²) in [5.74, 6) is 0. The molecule has 0 amide bonds. The van der Waals surface area contributed by atoms with Gasteiger partial charge in [0.1, 0.15) is 0 Å². The Balaban J connectivity index is 2.57. The predicted octanol–water partition coefficient (Wildman–Crippen LogP) is 3.54. The van der Waals surface area contributed by atoms with Gasteiger partial charge in [0.25, 0.3) is 0 Å². The molecule has 15 heavy (non-hydrogen) atoms. The normalized spacial score (nSPS) is 14.2. The Morgan fingerprint density at radius 2 is 2.13 bits per heavy atom. The number of thiazole rings is 1. The van der Waals surface area contributed by atoms with Crippen LogP contribution in [0.15, 0.2) is 6.20 Å². The molecule has 0 aliphatic heterocycles. The van der Waals surface area contributed by atoms with Crippen LogP contribution >= 0.6 is 11.3 Å². The Bertz CT molecular complexity index is 299. The van der Waals surface area contributed by atoms with Crippen molar-refractivity contribution in [2.45, 2.75) is 46.6 Å². The van der Waals surface area contributed by atoms with Crippen LogP contribution in [-0.2, 0) is 0 Å². The average Bonchev–Trinajstić information content (AvgIpc) is 2.51. The Labute approximate surface area is 97.1 Å². The van der Waals surface area contributed by atoms with Gasteiger partial charge in [0.2, 0.25) is 0 Å². The third kappa shape index (κ3) is 4.31. The fourth-order valence-electron chi connectivity index (χ4n) is 1.55. The van der Waals surface area contributed by atoms with Gasteiger partial charge >= 0.3 is 0 Å². The molecule has 3 heteroatoms. The van der Waals surface area contributed by atoms with E-state index in [1.165, 1.54) is 17.7 Å². The lowest BCUT2D eigenvalue weighted by Crippen LogP contribution is -2.18. The standard InChI is InChI=1S/C12H22N2S/c1-9-14-8-11(15-9)10(13-5)6-7-12(2,3)4/h8,10,13H,6-7H2,1-5H3. The third-order valence-electron chi connectivity index (χ3n) is 2.51. The quantitative estimate of drug-likeness (QED) is 0.849. The molecule has 0 saturated carbocycles. The summed E-state index contributed by atoms with van der Waals surface area (Å²) in [7, 11) is 2.03. The van der Waals surface area contributed by atoms with Gasteiger partial charge in [-0.1, -0.05) is 20.8 Å². The van der Waals surface area contributed by atoms with E-state index in [0.717, 1.165) is 5.01 Å². The van der Waals surface area contributed by atoms with Crippen LogP contribution in [0.5, 0.6) is 0 Å². The van der Waals surface area contributed by atoms with Gasteiger partial charge in [-0.2, -0.15) is 0 Å². The van der Waals surface area contributed by atoms with E-state index in [1.807, 2.05) is 13.2 Å². The predicted molar refractivity (Wildman–Crippen MR) is 67.3 cm³/mol. The van der Waals surface area contributed by atoms with E-state index in [1.54, 1.807) is 11.3 Å². The average molecular weight is 226 g/mol. The molecule has 1 N–H and O–H groups in total. The van der Waals surface area contributed by atoms with Crippen LogP contribution in [0.25, 0.3) is 0 Å². The van der Waals surface area contributed by atoms with E-state index in [4.69, 9.17) is 0 Å². The molecule has 0 spiro atoms. The summed E-state index contributed by atoms with van der Waals surface area (Å²) < 4.78 is 0. The number of rotatable bonds is 4. The minimum atomic E-state index is 0.412. The molecule has 1 atom stereocenters. The van der Waals surface area contributed by atoms with E-state index in [2.05, 4.69) is 38.0 Å². The summed E-state index contributed by atoms with van der Waals surface area (Å²) in [6.07, 6.45) is 4.42. The van der Waals surface area contributed by atoms with Crippen LogP contribution in [-0.4, -0.2) is 12.0 Å². The molecule has 1 heterocycles. The molecule has 2 nitrogen and oxygen atoms in total. The molecule has 0 aliphatic rings. The van der Waals surface area contributed by atoms with Crippen LogP contribution in [0.3, 0.4) is 0 Å². The first-order valence-corrected chi connectivity index (χ1v) is 6.33. The molecule has 0 fully saturated rings. The summed E-state index contributed by atoms with van der Waals surface area (Å²) in [6, 6.07) is 0.468. The van der Waals surface area contributed by atoms with Gasteiger partial charge < -0.3 is 5.32 Å². The Morgan fingerprint density at radius 1 is 1.47 bits per heavy atom. The zero-order valence-corrected chi connectivity index (χ0v) is 11.2. The minimum Gasteiger partial charge on any atom is -0.312 e. The van der Waals surface area contributed by atoms with E-state index >= 15 is 0 Å². The Kier molecular flexibility index (Phi) is 4.29. The molecule has 1 aromatic heterocycles. The fourth-order valence-corrected chi connectivity index (χ4v) is 2.47. The van der Waals surface area contributed by atoms with Gasteiger partial charge in [-0.05, 0) is 32.2 Å². The van der Waals surface area contributed by atoms with E-state index in [-0.39, 0.29) is 0 Å². The van der Waals surface area contributed by atoms with Crippen molar-refractivity contribution in [2.24, 2.45) is 5.41 Å². The summed E-state index contributed by atoms with van der Waals surface area (Å²) in [5, 5.41) is 4.53. The van der Waals surface area contributed by atoms with Crippen molar-refractivity contribution in [3.8, 4) is 0 Å². The molecule has 86 valence electrons. The van der Waals surface area contributed by atoms with Crippen LogP contribution in [0.4, 0.5) is 0 Å². The molecular formula is C12H22N2S. The van der Waals surface area contributed by atoms with Crippen LogP contribution in [0, 0.1) is 12.3 Å². The van der Waals surface area contributed by atoms with Crippen molar-refractivity contribution < 1.29 is 0 Å². The first-order chi connectivity index (χ1) is 6.92. The number of nitrogens with one attached hydrogen (secondary N) is 1. The molecule has 0 bridgehead atoms.